The molecule has 0 saturated carbocycles. The topological polar surface area (TPSA) is 55.6 Å². The monoisotopic (exact) mass is 258 g/mol. The van der Waals surface area contributed by atoms with E-state index in [0.29, 0.717) is 18.9 Å². The molecule has 0 rings (SSSR count). The zero-order valence-electron chi connectivity index (χ0n) is 12.7. The fraction of sp³-hybridized carbons (Fsp3) is 0.929. The first-order valence-electron chi connectivity index (χ1n) is 6.94. The molecule has 0 aliphatic carbocycles. The number of rotatable bonds is 9. The van der Waals surface area contributed by atoms with Crippen LogP contribution in [-0.2, 0) is 9.53 Å². The van der Waals surface area contributed by atoms with E-state index in [1.165, 1.54) is 0 Å². The van der Waals surface area contributed by atoms with Crippen LogP contribution in [0.2, 0.25) is 0 Å². The minimum Gasteiger partial charge on any atom is -0.465 e. The lowest BCUT2D eigenvalue weighted by molar-refractivity contribution is -0.149. The Balaban J connectivity index is 3.79. The first-order chi connectivity index (χ1) is 8.29. The summed E-state index contributed by atoms with van der Waals surface area (Å²) in [4.78, 5) is 13.9. The van der Waals surface area contributed by atoms with Crippen molar-refractivity contribution in [1.82, 2.24) is 4.90 Å². The normalized spacial score (nSPS) is 14.9. The van der Waals surface area contributed by atoms with Crippen LogP contribution in [0.25, 0.3) is 0 Å². The number of esters is 1. The highest BCUT2D eigenvalue weighted by Crippen LogP contribution is 2.13. The zero-order chi connectivity index (χ0) is 14.2. The molecule has 0 saturated heterocycles. The molecule has 0 fully saturated rings. The lowest BCUT2D eigenvalue weighted by Crippen LogP contribution is -2.46. The molecule has 108 valence electrons. The molecule has 0 aromatic rings. The SMILES string of the molecule is CCOC(=O)C(C)(N)CCCCN(C)CC(C)C. The van der Waals surface area contributed by atoms with Gasteiger partial charge in [0.1, 0.15) is 5.54 Å². The number of ether oxygens (including phenoxy) is 1. The summed E-state index contributed by atoms with van der Waals surface area (Å²) >= 11 is 0. The van der Waals surface area contributed by atoms with Gasteiger partial charge in [-0.25, -0.2) is 0 Å². The van der Waals surface area contributed by atoms with Gasteiger partial charge in [-0.05, 0) is 52.6 Å². The Kier molecular flexibility index (Phi) is 8.20. The van der Waals surface area contributed by atoms with E-state index >= 15 is 0 Å². The predicted octanol–water partition coefficient (Wildman–Crippen LogP) is 2.02. The van der Waals surface area contributed by atoms with Crippen LogP contribution in [0, 0.1) is 5.92 Å². The summed E-state index contributed by atoms with van der Waals surface area (Å²) < 4.78 is 4.96. The molecule has 0 amide bonds. The van der Waals surface area contributed by atoms with E-state index in [-0.39, 0.29) is 5.97 Å². The Morgan fingerprint density at radius 2 is 2.00 bits per heavy atom. The van der Waals surface area contributed by atoms with Crippen molar-refractivity contribution in [3.8, 4) is 0 Å². The molecule has 4 heteroatoms. The summed E-state index contributed by atoms with van der Waals surface area (Å²) in [5.74, 6) is 0.398. The van der Waals surface area contributed by atoms with Crippen LogP contribution in [0.15, 0.2) is 0 Å². The highest BCUT2D eigenvalue weighted by Gasteiger charge is 2.28. The minimum absolute atomic E-state index is 0.291. The highest BCUT2D eigenvalue weighted by molar-refractivity contribution is 5.79. The van der Waals surface area contributed by atoms with Crippen molar-refractivity contribution in [2.24, 2.45) is 11.7 Å². The van der Waals surface area contributed by atoms with Gasteiger partial charge in [0, 0.05) is 6.54 Å². The van der Waals surface area contributed by atoms with Gasteiger partial charge in [-0.2, -0.15) is 0 Å². The van der Waals surface area contributed by atoms with Crippen LogP contribution in [-0.4, -0.2) is 43.2 Å². The molecule has 0 aliphatic rings. The van der Waals surface area contributed by atoms with Gasteiger partial charge in [0.25, 0.3) is 0 Å². The number of hydrogen-bond donors (Lipinski definition) is 1. The number of nitrogens with zero attached hydrogens (tertiary/aromatic N) is 1. The Morgan fingerprint density at radius 3 is 2.50 bits per heavy atom. The third kappa shape index (κ3) is 7.67. The van der Waals surface area contributed by atoms with Gasteiger partial charge in [0.2, 0.25) is 0 Å². The lowest BCUT2D eigenvalue weighted by Gasteiger charge is -2.23. The second-order valence-corrected chi connectivity index (χ2v) is 5.75. The smallest absolute Gasteiger partial charge is 0.325 e. The largest absolute Gasteiger partial charge is 0.465 e. The minimum atomic E-state index is -0.841. The molecule has 1 unspecified atom stereocenters. The van der Waals surface area contributed by atoms with E-state index in [0.717, 1.165) is 25.9 Å². The third-order valence-electron chi connectivity index (χ3n) is 2.90. The third-order valence-corrected chi connectivity index (χ3v) is 2.90. The molecule has 0 heterocycles. The van der Waals surface area contributed by atoms with Crippen LogP contribution in [0.4, 0.5) is 0 Å². The molecule has 18 heavy (non-hydrogen) atoms. The van der Waals surface area contributed by atoms with E-state index in [1.54, 1.807) is 13.8 Å². The molecule has 0 bridgehead atoms. The van der Waals surface area contributed by atoms with Gasteiger partial charge in [0.05, 0.1) is 6.61 Å². The van der Waals surface area contributed by atoms with E-state index in [2.05, 4.69) is 25.8 Å². The van der Waals surface area contributed by atoms with E-state index in [9.17, 15) is 4.79 Å². The molecular formula is C14H30N2O2. The van der Waals surface area contributed by atoms with Crippen molar-refractivity contribution in [3.05, 3.63) is 0 Å². The van der Waals surface area contributed by atoms with Crippen LogP contribution >= 0.6 is 0 Å². The number of nitrogens with two attached hydrogens (primary N) is 1. The quantitative estimate of drug-likeness (QED) is 0.508. The summed E-state index contributed by atoms with van der Waals surface area (Å²) in [6.45, 7) is 10.5. The summed E-state index contributed by atoms with van der Waals surface area (Å²) in [6.07, 6.45) is 2.70. The Bertz CT molecular complexity index is 240. The van der Waals surface area contributed by atoms with Gasteiger partial charge < -0.3 is 15.4 Å². The Hall–Kier alpha value is -0.610. The molecule has 0 aliphatic heterocycles. The van der Waals surface area contributed by atoms with Crippen LogP contribution in [0.1, 0.15) is 47.0 Å². The Labute approximate surface area is 112 Å². The van der Waals surface area contributed by atoms with Gasteiger partial charge >= 0.3 is 5.97 Å². The fourth-order valence-electron chi connectivity index (χ4n) is 1.99. The average Bonchev–Trinajstić information content (AvgIpc) is 2.24. The second kappa shape index (κ2) is 8.48. The van der Waals surface area contributed by atoms with Gasteiger partial charge in [-0.3, -0.25) is 4.79 Å². The van der Waals surface area contributed by atoms with Crippen molar-refractivity contribution in [2.45, 2.75) is 52.5 Å². The number of carbonyl (C=O) groups excluding carboxylic acids is 1. The molecule has 0 radical (unpaired) electrons. The van der Waals surface area contributed by atoms with Gasteiger partial charge in [0.15, 0.2) is 0 Å². The molecule has 2 N–H and O–H groups in total. The van der Waals surface area contributed by atoms with E-state index in [4.69, 9.17) is 10.5 Å². The van der Waals surface area contributed by atoms with Crippen molar-refractivity contribution in [1.29, 1.82) is 0 Å². The first kappa shape index (κ1) is 17.4. The maximum Gasteiger partial charge on any atom is 0.325 e. The summed E-state index contributed by atoms with van der Waals surface area (Å²) in [6, 6.07) is 0. The summed E-state index contributed by atoms with van der Waals surface area (Å²) in [5.41, 5.74) is 5.12. The molecule has 0 aromatic carbocycles. The standard InChI is InChI=1S/C14H30N2O2/c1-6-18-13(17)14(4,15)9-7-8-10-16(5)11-12(2)3/h12H,6-11,15H2,1-5H3. The van der Waals surface area contributed by atoms with Crippen LogP contribution < -0.4 is 5.73 Å². The van der Waals surface area contributed by atoms with Crippen molar-refractivity contribution in [3.63, 3.8) is 0 Å². The average molecular weight is 258 g/mol. The van der Waals surface area contributed by atoms with Crippen molar-refractivity contribution >= 4 is 5.97 Å². The maximum atomic E-state index is 11.6. The van der Waals surface area contributed by atoms with Gasteiger partial charge in [-0.15, -0.1) is 0 Å². The Morgan fingerprint density at radius 1 is 1.39 bits per heavy atom. The molecule has 0 aromatic heterocycles. The first-order valence-corrected chi connectivity index (χ1v) is 6.94. The van der Waals surface area contributed by atoms with Crippen molar-refractivity contribution in [2.75, 3.05) is 26.7 Å². The molecule has 1 atom stereocenters. The fourth-order valence-corrected chi connectivity index (χ4v) is 1.99. The molecule has 4 nitrogen and oxygen atoms in total. The zero-order valence-corrected chi connectivity index (χ0v) is 12.7. The summed E-state index contributed by atoms with van der Waals surface area (Å²) in [5, 5.41) is 0. The van der Waals surface area contributed by atoms with Crippen LogP contribution in [0.3, 0.4) is 0 Å². The van der Waals surface area contributed by atoms with E-state index < -0.39 is 5.54 Å². The number of unbranched alkanes of at least 4 members (excludes halogenated alkanes) is 1. The molecule has 0 spiro atoms. The second-order valence-electron chi connectivity index (χ2n) is 5.75. The van der Waals surface area contributed by atoms with Crippen molar-refractivity contribution < 1.29 is 9.53 Å². The predicted molar refractivity (Wildman–Crippen MR) is 75.4 cm³/mol. The molecular weight excluding hydrogens is 228 g/mol. The van der Waals surface area contributed by atoms with Crippen LogP contribution in [0.5, 0.6) is 0 Å². The van der Waals surface area contributed by atoms with E-state index in [1.807, 2.05) is 0 Å². The summed E-state index contributed by atoms with van der Waals surface area (Å²) in [7, 11) is 2.13. The maximum absolute atomic E-state index is 11.6. The van der Waals surface area contributed by atoms with Gasteiger partial charge in [-0.1, -0.05) is 13.8 Å². The number of carbonyl (C=O) groups is 1. The lowest BCUT2D eigenvalue weighted by atomic mass is 9.96. The number of hydrogen-bond acceptors (Lipinski definition) is 4. The highest BCUT2D eigenvalue weighted by atomic mass is 16.5.